The highest BCUT2D eigenvalue weighted by molar-refractivity contribution is 7.13. The smallest absolute Gasteiger partial charge is 0.226 e. The van der Waals surface area contributed by atoms with Crippen molar-refractivity contribution in [2.45, 2.75) is 0 Å². The van der Waals surface area contributed by atoms with E-state index >= 15 is 0 Å². The van der Waals surface area contributed by atoms with Crippen LogP contribution in [0, 0.1) is 11.3 Å². The molecular weight excluding hydrogens is 208 g/mol. The second kappa shape index (κ2) is 4.44. The van der Waals surface area contributed by atoms with Gasteiger partial charge in [0, 0.05) is 11.6 Å². The Balaban J connectivity index is 2.15. The molecule has 2 rings (SSSR count). The van der Waals surface area contributed by atoms with E-state index in [9.17, 15) is 0 Å². The van der Waals surface area contributed by atoms with Crippen LogP contribution in [0.3, 0.4) is 0 Å². The zero-order valence-corrected chi connectivity index (χ0v) is 8.48. The van der Waals surface area contributed by atoms with Gasteiger partial charge in [0.1, 0.15) is 0 Å². The number of aromatic nitrogens is 1. The lowest BCUT2D eigenvalue weighted by Crippen LogP contribution is -1.70. The summed E-state index contributed by atoms with van der Waals surface area (Å²) in [6, 6.07) is 8.94. The van der Waals surface area contributed by atoms with Crippen LogP contribution in [0.4, 0.5) is 10.8 Å². The van der Waals surface area contributed by atoms with Gasteiger partial charge in [0.15, 0.2) is 0 Å². The maximum atomic E-state index is 8.60. The summed E-state index contributed by atoms with van der Waals surface area (Å²) < 4.78 is 0. The van der Waals surface area contributed by atoms with Crippen molar-refractivity contribution in [1.82, 2.24) is 4.98 Å². The Bertz CT molecular complexity index is 493. The van der Waals surface area contributed by atoms with Crippen LogP contribution in [0.1, 0.15) is 5.56 Å². The van der Waals surface area contributed by atoms with Crippen LogP contribution in [0.2, 0.25) is 0 Å². The Morgan fingerprint density at radius 2 is 2.00 bits per heavy atom. The molecule has 5 heteroatoms. The lowest BCUT2D eigenvalue weighted by molar-refractivity contribution is 1.20. The number of hydrogen-bond donors (Lipinski definition) is 0. The van der Waals surface area contributed by atoms with E-state index in [0.29, 0.717) is 16.4 Å². The van der Waals surface area contributed by atoms with Crippen molar-refractivity contribution in [2.75, 3.05) is 0 Å². The summed E-state index contributed by atoms with van der Waals surface area (Å²) in [6.45, 7) is 0. The number of thiazole rings is 1. The van der Waals surface area contributed by atoms with Crippen LogP contribution >= 0.6 is 11.3 Å². The molecule has 0 bridgehead atoms. The lowest BCUT2D eigenvalue weighted by Gasteiger charge is -1.90. The topological polar surface area (TPSA) is 61.4 Å². The van der Waals surface area contributed by atoms with E-state index < -0.39 is 0 Å². The Morgan fingerprint density at radius 3 is 2.60 bits per heavy atom. The normalized spacial score (nSPS) is 10.3. The van der Waals surface area contributed by atoms with Crippen LogP contribution in [-0.4, -0.2) is 4.98 Å². The van der Waals surface area contributed by atoms with Crippen LogP contribution < -0.4 is 0 Å². The van der Waals surface area contributed by atoms with E-state index in [-0.39, 0.29) is 0 Å². The van der Waals surface area contributed by atoms with E-state index in [1.165, 1.54) is 11.3 Å². The molecule has 0 spiro atoms. The number of azo groups is 1. The van der Waals surface area contributed by atoms with Crippen molar-refractivity contribution in [3.63, 3.8) is 0 Å². The van der Waals surface area contributed by atoms with Gasteiger partial charge in [0.25, 0.3) is 0 Å². The maximum Gasteiger partial charge on any atom is 0.229 e. The first-order valence-electron chi connectivity index (χ1n) is 4.20. The van der Waals surface area contributed by atoms with Crippen molar-refractivity contribution in [2.24, 2.45) is 10.2 Å². The number of nitriles is 1. The van der Waals surface area contributed by atoms with Crippen LogP contribution in [0.25, 0.3) is 0 Å². The Labute approximate surface area is 90.6 Å². The molecule has 0 aliphatic rings. The van der Waals surface area contributed by atoms with Crippen LogP contribution in [0.5, 0.6) is 0 Å². The first kappa shape index (κ1) is 9.49. The summed E-state index contributed by atoms with van der Waals surface area (Å²) in [5.74, 6) is 0. The van der Waals surface area contributed by atoms with Gasteiger partial charge in [-0.25, -0.2) is 4.98 Å². The minimum atomic E-state index is 0.614. The third-order valence-corrected chi connectivity index (χ3v) is 2.32. The van der Waals surface area contributed by atoms with E-state index in [0.717, 1.165) is 0 Å². The van der Waals surface area contributed by atoms with Crippen molar-refractivity contribution >= 4 is 22.2 Å². The largest absolute Gasteiger partial charge is 0.229 e. The molecule has 0 atom stereocenters. The van der Waals surface area contributed by atoms with E-state index in [1.54, 1.807) is 30.5 Å². The predicted octanol–water partition coefficient (Wildman–Crippen LogP) is 3.43. The van der Waals surface area contributed by atoms with Crippen molar-refractivity contribution in [1.29, 1.82) is 5.26 Å². The standard InChI is InChI=1S/C10H6N4S/c11-7-8-1-3-9(4-2-8)13-14-10-12-5-6-15-10/h1-6H. The molecule has 2 aromatic rings. The van der Waals surface area contributed by atoms with E-state index in [4.69, 9.17) is 5.26 Å². The highest BCUT2D eigenvalue weighted by Gasteiger charge is 1.93. The second-order valence-corrected chi connectivity index (χ2v) is 3.55. The summed E-state index contributed by atoms with van der Waals surface area (Å²) in [5.41, 5.74) is 1.33. The Morgan fingerprint density at radius 1 is 1.20 bits per heavy atom. The fourth-order valence-corrected chi connectivity index (χ4v) is 1.42. The molecule has 0 unspecified atom stereocenters. The molecule has 1 heterocycles. The van der Waals surface area contributed by atoms with Crippen molar-refractivity contribution in [3.05, 3.63) is 41.4 Å². The van der Waals surface area contributed by atoms with Gasteiger partial charge < -0.3 is 0 Å². The molecule has 15 heavy (non-hydrogen) atoms. The maximum absolute atomic E-state index is 8.60. The number of nitrogens with zero attached hydrogens (tertiary/aromatic N) is 4. The first-order valence-corrected chi connectivity index (χ1v) is 5.08. The number of hydrogen-bond acceptors (Lipinski definition) is 5. The molecule has 0 fully saturated rings. The Hall–Kier alpha value is -2.06. The molecule has 4 nitrogen and oxygen atoms in total. The van der Waals surface area contributed by atoms with Crippen LogP contribution in [-0.2, 0) is 0 Å². The molecule has 0 saturated heterocycles. The highest BCUT2D eigenvalue weighted by Crippen LogP contribution is 2.19. The van der Waals surface area contributed by atoms with Crippen LogP contribution in [0.15, 0.2) is 46.1 Å². The average molecular weight is 214 g/mol. The average Bonchev–Trinajstić information content (AvgIpc) is 2.80. The van der Waals surface area contributed by atoms with Gasteiger partial charge >= 0.3 is 0 Å². The second-order valence-electron chi connectivity index (χ2n) is 2.67. The van der Waals surface area contributed by atoms with Gasteiger partial charge in [0.2, 0.25) is 5.13 Å². The van der Waals surface area contributed by atoms with Gasteiger partial charge in [0.05, 0.1) is 17.3 Å². The molecule has 72 valence electrons. The fraction of sp³-hybridized carbons (Fsp3) is 0. The summed E-state index contributed by atoms with van der Waals surface area (Å²) in [7, 11) is 0. The first-order chi connectivity index (χ1) is 7.38. The Kier molecular flexibility index (Phi) is 2.81. The zero-order valence-electron chi connectivity index (χ0n) is 7.66. The van der Waals surface area contributed by atoms with E-state index in [1.807, 2.05) is 11.4 Å². The quantitative estimate of drug-likeness (QED) is 0.719. The van der Waals surface area contributed by atoms with Crippen molar-refractivity contribution in [3.8, 4) is 6.07 Å². The third-order valence-electron chi connectivity index (χ3n) is 1.67. The molecule has 0 aliphatic heterocycles. The van der Waals surface area contributed by atoms with Gasteiger partial charge in [-0.2, -0.15) is 5.26 Å². The summed E-state index contributed by atoms with van der Waals surface area (Å²) in [5, 5.41) is 19.0. The molecular formula is C10H6N4S. The molecule has 0 saturated carbocycles. The number of rotatable bonds is 2. The van der Waals surface area contributed by atoms with Gasteiger partial charge in [-0.1, -0.05) is 0 Å². The van der Waals surface area contributed by atoms with Gasteiger partial charge in [-0.05, 0) is 24.3 Å². The molecule has 1 aromatic heterocycles. The summed E-state index contributed by atoms with van der Waals surface area (Å²) in [6.07, 6.45) is 1.68. The molecule has 1 aromatic carbocycles. The van der Waals surface area contributed by atoms with E-state index in [2.05, 4.69) is 15.2 Å². The fourth-order valence-electron chi connectivity index (χ4n) is 0.968. The lowest BCUT2D eigenvalue weighted by atomic mass is 10.2. The molecule has 0 radical (unpaired) electrons. The predicted molar refractivity (Wildman–Crippen MR) is 57.4 cm³/mol. The zero-order chi connectivity index (χ0) is 10.5. The summed E-state index contributed by atoms with van der Waals surface area (Å²) >= 11 is 1.43. The molecule has 0 amide bonds. The SMILES string of the molecule is N#Cc1ccc(N=Nc2nccs2)cc1. The van der Waals surface area contributed by atoms with Gasteiger partial charge in [-0.15, -0.1) is 21.6 Å². The minimum absolute atomic E-state index is 0.614. The van der Waals surface area contributed by atoms with Gasteiger partial charge in [-0.3, -0.25) is 0 Å². The third kappa shape index (κ3) is 2.45. The molecule has 0 N–H and O–H groups in total. The summed E-state index contributed by atoms with van der Waals surface area (Å²) in [4.78, 5) is 3.97. The highest BCUT2D eigenvalue weighted by atomic mass is 32.1. The molecule has 0 aliphatic carbocycles. The monoisotopic (exact) mass is 214 g/mol. The number of benzene rings is 1. The minimum Gasteiger partial charge on any atom is -0.226 e. The van der Waals surface area contributed by atoms with Crippen molar-refractivity contribution < 1.29 is 0 Å².